The van der Waals surface area contributed by atoms with Crippen molar-refractivity contribution in [2.45, 2.75) is 6.42 Å². The number of anilines is 3. The SMILES string of the molecule is COc1cccc(Nc2nc(-c3ccc4c(c3)CCN4S(C)(=O)=O)cs2)c1. The van der Waals surface area contributed by atoms with Crippen molar-refractivity contribution >= 4 is 37.9 Å². The topological polar surface area (TPSA) is 71.5 Å². The van der Waals surface area contributed by atoms with Crippen molar-refractivity contribution in [3.8, 4) is 17.0 Å². The van der Waals surface area contributed by atoms with Gasteiger partial charge in [-0.05, 0) is 36.2 Å². The third-order valence-corrected chi connectivity index (χ3v) is 6.39. The predicted molar refractivity (Wildman–Crippen MR) is 110 cm³/mol. The summed E-state index contributed by atoms with van der Waals surface area (Å²) in [5.41, 5.74) is 4.57. The zero-order chi connectivity index (χ0) is 19.0. The van der Waals surface area contributed by atoms with E-state index in [1.54, 1.807) is 7.11 Å². The Balaban J connectivity index is 1.57. The molecule has 0 amide bonds. The van der Waals surface area contributed by atoms with Gasteiger partial charge < -0.3 is 10.1 Å². The summed E-state index contributed by atoms with van der Waals surface area (Å²) in [5.74, 6) is 0.783. The second-order valence-corrected chi connectivity index (χ2v) is 9.09. The van der Waals surface area contributed by atoms with E-state index < -0.39 is 10.0 Å². The lowest BCUT2D eigenvalue weighted by molar-refractivity contribution is 0.415. The van der Waals surface area contributed by atoms with Gasteiger partial charge in [-0.25, -0.2) is 13.4 Å². The Morgan fingerprint density at radius 1 is 1.22 bits per heavy atom. The lowest BCUT2D eigenvalue weighted by Crippen LogP contribution is -2.27. The van der Waals surface area contributed by atoms with Gasteiger partial charge in [-0.2, -0.15) is 0 Å². The highest BCUT2D eigenvalue weighted by molar-refractivity contribution is 7.92. The molecule has 0 radical (unpaired) electrons. The summed E-state index contributed by atoms with van der Waals surface area (Å²) in [7, 11) is -1.59. The molecule has 0 saturated heterocycles. The number of benzene rings is 2. The zero-order valence-corrected chi connectivity index (χ0v) is 16.6. The number of methoxy groups -OCH3 is 1. The number of nitrogens with one attached hydrogen (secondary N) is 1. The molecule has 3 aromatic rings. The van der Waals surface area contributed by atoms with Gasteiger partial charge in [-0.1, -0.05) is 12.1 Å². The molecule has 0 bridgehead atoms. The largest absolute Gasteiger partial charge is 0.497 e. The Kier molecular flexibility index (Phi) is 4.53. The van der Waals surface area contributed by atoms with Crippen molar-refractivity contribution in [3.63, 3.8) is 0 Å². The quantitative estimate of drug-likeness (QED) is 0.702. The number of sulfonamides is 1. The fourth-order valence-corrected chi connectivity index (χ4v) is 4.86. The van der Waals surface area contributed by atoms with E-state index in [0.29, 0.717) is 6.54 Å². The molecule has 1 aromatic heterocycles. The predicted octanol–water partition coefficient (Wildman–Crippen LogP) is 3.88. The molecule has 0 unspecified atom stereocenters. The summed E-state index contributed by atoms with van der Waals surface area (Å²) >= 11 is 1.52. The van der Waals surface area contributed by atoms with Gasteiger partial charge in [0.25, 0.3) is 0 Å². The molecule has 6 nitrogen and oxygen atoms in total. The molecule has 2 heterocycles. The van der Waals surface area contributed by atoms with Crippen LogP contribution in [0.15, 0.2) is 47.8 Å². The monoisotopic (exact) mass is 401 g/mol. The van der Waals surface area contributed by atoms with Crippen LogP contribution in [0.3, 0.4) is 0 Å². The van der Waals surface area contributed by atoms with Gasteiger partial charge in [0.05, 0.1) is 24.7 Å². The number of hydrogen-bond donors (Lipinski definition) is 1. The summed E-state index contributed by atoms with van der Waals surface area (Å²) < 4.78 is 30.4. The highest BCUT2D eigenvalue weighted by Gasteiger charge is 2.26. The average Bonchev–Trinajstić information content (AvgIpc) is 3.27. The van der Waals surface area contributed by atoms with Crippen molar-refractivity contribution in [2.24, 2.45) is 0 Å². The molecule has 140 valence electrons. The minimum atomic E-state index is -3.23. The molecule has 0 fully saturated rings. The molecule has 0 spiro atoms. The van der Waals surface area contributed by atoms with Crippen molar-refractivity contribution in [1.29, 1.82) is 0 Å². The molecule has 2 aromatic carbocycles. The molecule has 0 aliphatic carbocycles. The summed E-state index contributed by atoms with van der Waals surface area (Å²) in [4.78, 5) is 4.66. The van der Waals surface area contributed by atoms with Crippen LogP contribution in [0.5, 0.6) is 5.75 Å². The van der Waals surface area contributed by atoms with Crippen molar-refractivity contribution < 1.29 is 13.2 Å². The van der Waals surface area contributed by atoms with E-state index >= 15 is 0 Å². The Morgan fingerprint density at radius 3 is 2.85 bits per heavy atom. The summed E-state index contributed by atoms with van der Waals surface area (Å²) in [5, 5.41) is 6.07. The van der Waals surface area contributed by atoms with E-state index in [4.69, 9.17) is 4.74 Å². The molecule has 1 aliphatic heterocycles. The van der Waals surface area contributed by atoms with Crippen LogP contribution in [0, 0.1) is 0 Å². The lowest BCUT2D eigenvalue weighted by atomic mass is 10.1. The van der Waals surface area contributed by atoms with Crippen LogP contribution in [0.1, 0.15) is 5.56 Å². The Labute approximate surface area is 162 Å². The number of nitrogens with zero attached hydrogens (tertiary/aromatic N) is 2. The van der Waals surface area contributed by atoms with Gasteiger partial charge in [0.2, 0.25) is 10.0 Å². The van der Waals surface area contributed by atoms with Crippen LogP contribution < -0.4 is 14.4 Å². The summed E-state index contributed by atoms with van der Waals surface area (Å²) in [6, 6.07) is 13.5. The first-order valence-corrected chi connectivity index (χ1v) is 11.1. The second-order valence-electron chi connectivity index (χ2n) is 6.32. The van der Waals surface area contributed by atoms with Crippen molar-refractivity contribution in [2.75, 3.05) is 29.5 Å². The Morgan fingerprint density at radius 2 is 2.07 bits per heavy atom. The van der Waals surface area contributed by atoms with Crippen LogP contribution in [-0.2, 0) is 16.4 Å². The number of thiazole rings is 1. The number of fused-ring (bicyclic) bond motifs is 1. The minimum Gasteiger partial charge on any atom is -0.497 e. The summed E-state index contributed by atoms with van der Waals surface area (Å²) in [6.45, 7) is 0.497. The number of hydrogen-bond acceptors (Lipinski definition) is 6. The van der Waals surface area contributed by atoms with Gasteiger partial charge in [0.1, 0.15) is 5.75 Å². The Hall–Kier alpha value is -2.58. The van der Waals surface area contributed by atoms with E-state index in [9.17, 15) is 8.42 Å². The molecule has 4 rings (SSSR count). The van der Waals surface area contributed by atoms with Gasteiger partial charge in [0, 0.05) is 29.2 Å². The first-order chi connectivity index (χ1) is 12.9. The van der Waals surface area contributed by atoms with Crippen LogP contribution in [0.4, 0.5) is 16.5 Å². The molecule has 1 N–H and O–H groups in total. The van der Waals surface area contributed by atoms with Gasteiger partial charge >= 0.3 is 0 Å². The average molecular weight is 402 g/mol. The van der Waals surface area contributed by atoms with Gasteiger partial charge in [-0.15, -0.1) is 11.3 Å². The van der Waals surface area contributed by atoms with E-state index in [0.717, 1.165) is 45.5 Å². The first kappa shape index (κ1) is 17.8. The highest BCUT2D eigenvalue weighted by Crippen LogP contribution is 2.35. The molecule has 0 atom stereocenters. The normalized spacial score (nSPS) is 13.5. The fourth-order valence-electron chi connectivity index (χ4n) is 3.16. The lowest BCUT2D eigenvalue weighted by Gasteiger charge is -2.16. The van der Waals surface area contributed by atoms with E-state index in [-0.39, 0.29) is 0 Å². The minimum absolute atomic E-state index is 0.497. The number of aromatic nitrogens is 1. The van der Waals surface area contributed by atoms with Crippen LogP contribution in [0.25, 0.3) is 11.3 Å². The van der Waals surface area contributed by atoms with E-state index in [1.165, 1.54) is 21.9 Å². The molecule has 27 heavy (non-hydrogen) atoms. The fraction of sp³-hybridized carbons (Fsp3) is 0.211. The Bertz CT molecular complexity index is 1090. The van der Waals surface area contributed by atoms with Crippen molar-refractivity contribution in [1.82, 2.24) is 4.98 Å². The summed E-state index contributed by atoms with van der Waals surface area (Å²) in [6.07, 6.45) is 1.96. The third-order valence-electron chi connectivity index (χ3n) is 4.45. The molecule has 8 heteroatoms. The van der Waals surface area contributed by atoms with Gasteiger partial charge in [-0.3, -0.25) is 4.31 Å². The van der Waals surface area contributed by atoms with Crippen LogP contribution in [0.2, 0.25) is 0 Å². The highest BCUT2D eigenvalue weighted by atomic mass is 32.2. The van der Waals surface area contributed by atoms with E-state index in [2.05, 4.69) is 10.3 Å². The van der Waals surface area contributed by atoms with E-state index in [1.807, 2.05) is 47.8 Å². The van der Waals surface area contributed by atoms with Crippen LogP contribution in [-0.4, -0.2) is 33.3 Å². The molecular formula is C19H19N3O3S2. The van der Waals surface area contributed by atoms with Crippen molar-refractivity contribution in [3.05, 3.63) is 53.4 Å². The smallest absolute Gasteiger partial charge is 0.232 e. The molecular weight excluding hydrogens is 382 g/mol. The maximum Gasteiger partial charge on any atom is 0.232 e. The third kappa shape index (κ3) is 3.63. The molecule has 1 aliphatic rings. The van der Waals surface area contributed by atoms with Crippen LogP contribution >= 0.6 is 11.3 Å². The number of rotatable bonds is 5. The molecule has 0 saturated carbocycles. The number of ether oxygens (including phenoxy) is 1. The van der Waals surface area contributed by atoms with Gasteiger partial charge in [0.15, 0.2) is 5.13 Å². The maximum absolute atomic E-state index is 11.9. The standard InChI is InChI=1S/C19H19N3O3S2/c1-25-16-5-3-4-15(11-16)20-19-21-17(12-26-19)13-6-7-18-14(10-13)8-9-22(18)27(2,23)24/h3-7,10-12H,8-9H2,1-2H3,(H,20,21). The zero-order valence-electron chi connectivity index (χ0n) is 15.0. The second kappa shape index (κ2) is 6.86. The first-order valence-electron chi connectivity index (χ1n) is 8.42. The maximum atomic E-state index is 11.9.